The average Bonchev–Trinajstić information content (AvgIpc) is 2.87. The normalized spacial score (nSPS) is 22.9. The summed E-state index contributed by atoms with van der Waals surface area (Å²) in [4.78, 5) is 15.3. The average molecular weight is 273 g/mol. The molecule has 106 valence electrons. The standard InChI is InChI=1S/C15H19N3O2/c16-10-5-3-4-9-8-12(17-14(9)10)15(20)18-11-6-1-2-7-13(11)19/h3-5,8,11,13,17,19H,1-2,6-7,16H2,(H,18,20)/t11-,13-/m0/s1. The third-order valence-electron chi connectivity index (χ3n) is 3.98. The third-order valence-corrected chi connectivity index (χ3v) is 3.98. The first-order valence-electron chi connectivity index (χ1n) is 7.01. The molecule has 1 aliphatic rings. The van der Waals surface area contributed by atoms with Crippen LogP contribution in [0, 0.1) is 0 Å². The van der Waals surface area contributed by atoms with Crippen LogP contribution in [0.2, 0.25) is 0 Å². The van der Waals surface area contributed by atoms with E-state index in [1.807, 2.05) is 12.1 Å². The Kier molecular flexibility index (Phi) is 3.36. The van der Waals surface area contributed by atoms with Gasteiger partial charge in [-0.2, -0.15) is 0 Å². The van der Waals surface area contributed by atoms with Crippen molar-refractivity contribution in [3.63, 3.8) is 0 Å². The van der Waals surface area contributed by atoms with Gasteiger partial charge in [0.25, 0.3) is 5.91 Å². The number of hydrogen-bond acceptors (Lipinski definition) is 3. The number of hydrogen-bond donors (Lipinski definition) is 4. The second-order valence-electron chi connectivity index (χ2n) is 5.43. The van der Waals surface area contributed by atoms with Crippen LogP contribution in [0.5, 0.6) is 0 Å². The third kappa shape index (κ3) is 2.36. The van der Waals surface area contributed by atoms with Gasteiger partial charge in [-0.25, -0.2) is 0 Å². The van der Waals surface area contributed by atoms with Crippen molar-refractivity contribution in [1.29, 1.82) is 0 Å². The van der Waals surface area contributed by atoms with Gasteiger partial charge in [-0.3, -0.25) is 4.79 Å². The number of aliphatic hydroxyl groups is 1. The second-order valence-corrected chi connectivity index (χ2v) is 5.43. The van der Waals surface area contributed by atoms with E-state index in [9.17, 15) is 9.90 Å². The summed E-state index contributed by atoms with van der Waals surface area (Å²) >= 11 is 0. The lowest BCUT2D eigenvalue weighted by Crippen LogP contribution is -2.45. The Balaban J connectivity index is 1.80. The number of para-hydroxylation sites is 1. The van der Waals surface area contributed by atoms with Gasteiger partial charge >= 0.3 is 0 Å². The molecule has 3 rings (SSSR count). The van der Waals surface area contributed by atoms with Crippen molar-refractivity contribution in [2.45, 2.75) is 37.8 Å². The summed E-state index contributed by atoms with van der Waals surface area (Å²) in [5.41, 5.74) is 7.76. The molecular weight excluding hydrogens is 254 g/mol. The van der Waals surface area contributed by atoms with E-state index in [1.165, 1.54) is 0 Å². The summed E-state index contributed by atoms with van der Waals surface area (Å²) in [7, 11) is 0. The quantitative estimate of drug-likeness (QED) is 0.629. The second kappa shape index (κ2) is 5.17. The van der Waals surface area contributed by atoms with Gasteiger partial charge in [0.2, 0.25) is 0 Å². The number of anilines is 1. The van der Waals surface area contributed by atoms with E-state index in [2.05, 4.69) is 10.3 Å². The van der Waals surface area contributed by atoms with Gasteiger partial charge in [0.1, 0.15) is 5.69 Å². The summed E-state index contributed by atoms with van der Waals surface area (Å²) in [5.74, 6) is -0.188. The highest BCUT2D eigenvalue weighted by molar-refractivity contribution is 6.00. The minimum absolute atomic E-state index is 0.153. The zero-order chi connectivity index (χ0) is 14.1. The molecule has 0 aliphatic heterocycles. The number of nitrogens with one attached hydrogen (secondary N) is 2. The SMILES string of the molecule is Nc1cccc2cc(C(=O)N[C@H]3CCCC[C@@H]3O)[nH]c12. The molecular formula is C15H19N3O2. The molecule has 0 saturated heterocycles. The molecule has 2 atom stereocenters. The van der Waals surface area contributed by atoms with Gasteiger partial charge in [0.05, 0.1) is 23.3 Å². The number of H-pyrrole nitrogens is 1. The number of benzene rings is 1. The van der Waals surface area contributed by atoms with E-state index in [0.717, 1.165) is 36.6 Å². The van der Waals surface area contributed by atoms with Crippen LogP contribution in [0.1, 0.15) is 36.2 Å². The predicted molar refractivity (Wildman–Crippen MR) is 78.4 cm³/mol. The fourth-order valence-electron chi connectivity index (χ4n) is 2.83. The Morgan fingerprint density at radius 3 is 2.90 bits per heavy atom. The zero-order valence-electron chi connectivity index (χ0n) is 11.2. The molecule has 1 aromatic carbocycles. The number of amides is 1. The molecule has 1 heterocycles. The largest absolute Gasteiger partial charge is 0.397 e. The van der Waals surface area contributed by atoms with Crippen molar-refractivity contribution < 1.29 is 9.90 Å². The lowest BCUT2D eigenvalue weighted by molar-refractivity contribution is 0.0714. The number of aromatic nitrogens is 1. The van der Waals surface area contributed by atoms with Gasteiger partial charge in [-0.1, -0.05) is 25.0 Å². The van der Waals surface area contributed by atoms with Crippen LogP contribution in [-0.2, 0) is 0 Å². The van der Waals surface area contributed by atoms with Crippen LogP contribution < -0.4 is 11.1 Å². The van der Waals surface area contributed by atoms with E-state index in [-0.39, 0.29) is 11.9 Å². The molecule has 5 nitrogen and oxygen atoms in total. The van der Waals surface area contributed by atoms with Crippen LogP contribution in [-0.4, -0.2) is 28.1 Å². The zero-order valence-corrected chi connectivity index (χ0v) is 11.2. The van der Waals surface area contributed by atoms with E-state index in [4.69, 9.17) is 5.73 Å². The summed E-state index contributed by atoms with van der Waals surface area (Å²) in [5, 5.41) is 13.7. The molecule has 0 spiro atoms. The minimum Gasteiger partial charge on any atom is -0.397 e. The van der Waals surface area contributed by atoms with Crippen molar-refractivity contribution in [2.75, 3.05) is 5.73 Å². The molecule has 0 radical (unpaired) electrons. The number of carbonyl (C=O) groups excluding carboxylic acids is 1. The van der Waals surface area contributed by atoms with Crippen LogP contribution in [0.3, 0.4) is 0 Å². The van der Waals surface area contributed by atoms with Crippen molar-refractivity contribution >= 4 is 22.5 Å². The van der Waals surface area contributed by atoms with Crippen molar-refractivity contribution in [3.05, 3.63) is 30.0 Å². The summed E-state index contributed by atoms with van der Waals surface area (Å²) < 4.78 is 0. The van der Waals surface area contributed by atoms with Crippen molar-refractivity contribution in [2.24, 2.45) is 0 Å². The van der Waals surface area contributed by atoms with Crippen LogP contribution in [0.4, 0.5) is 5.69 Å². The smallest absolute Gasteiger partial charge is 0.268 e. The molecule has 1 aromatic heterocycles. The number of rotatable bonds is 2. The maximum absolute atomic E-state index is 12.2. The maximum Gasteiger partial charge on any atom is 0.268 e. The number of aliphatic hydroxyl groups excluding tert-OH is 1. The van der Waals surface area contributed by atoms with Crippen LogP contribution in [0.15, 0.2) is 24.3 Å². The molecule has 1 saturated carbocycles. The highest BCUT2D eigenvalue weighted by Crippen LogP contribution is 2.22. The summed E-state index contributed by atoms with van der Waals surface area (Å²) in [6.07, 6.45) is 3.21. The van der Waals surface area contributed by atoms with E-state index >= 15 is 0 Å². The highest BCUT2D eigenvalue weighted by atomic mass is 16.3. The molecule has 20 heavy (non-hydrogen) atoms. The fraction of sp³-hybridized carbons (Fsp3) is 0.400. The van der Waals surface area contributed by atoms with Crippen LogP contribution in [0.25, 0.3) is 10.9 Å². The van der Waals surface area contributed by atoms with Crippen molar-refractivity contribution in [3.8, 4) is 0 Å². The first-order valence-corrected chi connectivity index (χ1v) is 7.01. The van der Waals surface area contributed by atoms with Crippen molar-refractivity contribution in [1.82, 2.24) is 10.3 Å². The molecule has 0 unspecified atom stereocenters. The highest BCUT2D eigenvalue weighted by Gasteiger charge is 2.25. The fourth-order valence-corrected chi connectivity index (χ4v) is 2.83. The summed E-state index contributed by atoms with van der Waals surface area (Å²) in [6.45, 7) is 0. The maximum atomic E-state index is 12.2. The van der Waals surface area contributed by atoms with Gasteiger partial charge in [-0.05, 0) is 25.0 Å². The molecule has 1 aliphatic carbocycles. The molecule has 1 amide bonds. The van der Waals surface area contributed by atoms with E-state index < -0.39 is 6.10 Å². The molecule has 2 aromatic rings. The Bertz CT molecular complexity index is 635. The van der Waals surface area contributed by atoms with Gasteiger partial charge < -0.3 is 21.1 Å². The lowest BCUT2D eigenvalue weighted by Gasteiger charge is -2.28. The lowest BCUT2D eigenvalue weighted by atomic mass is 9.92. The number of aromatic amines is 1. The predicted octanol–water partition coefficient (Wildman–Crippen LogP) is 1.78. The molecule has 5 heteroatoms. The minimum atomic E-state index is -0.442. The topological polar surface area (TPSA) is 91.1 Å². The van der Waals surface area contributed by atoms with Gasteiger partial charge in [0, 0.05) is 5.39 Å². The van der Waals surface area contributed by atoms with Gasteiger partial charge in [-0.15, -0.1) is 0 Å². The number of carbonyl (C=O) groups is 1. The first kappa shape index (κ1) is 13.0. The summed E-state index contributed by atoms with van der Waals surface area (Å²) in [6, 6.07) is 7.20. The van der Waals surface area contributed by atoms with Gasteiger partial charge in [0.15, 0.2) is 0 Å². The number of fused-ring (bicyclic) bond motifs is 1. The number of nitrogens with two attached hydrogens (primary N) is 1. The van der Waals surface area contributed by atoms with Crippen LogP contribution >= 0.6 is 0 Å². The van der Waals surface area contributed by atoms with E-state index in [0.29, 0.717) is 11.4 Å². The Morgan fingerprint density at radius 2 is 2.15 bits per heavy atom. The Hall–Kier alpha value is -2.01. The molecule has 1 fully saturated rings. The Labute approximate surface area is 117 Å². The van der Waals surface area contributed by atoms with E-state index in [1.54, 1.807) is 12.1 Å². The Morgan fingerprint density at radius 1 is 1.35 bits per heavy atom. The molecule has 0 bridgehead atoms. The monoisotopic (exact) mass is 273 g/mol. The first-order chi connectivity index (χ1) is 9.65. The molecule has 5 N–H and O–H groups in total. The number of nitrogen functional groups attached to an aromatic ring is 1.